The van der Waals surface area contributed by atoms with Crippen molar-refractivity contribution in [2.24, 2.45) is 11.3 Å². The van der Waals surface area contributed by atoms with Gasteiger partial charge in [-0.25, -0.2) is 9.00 Å². The van der Waals surface area contributed by atoms with Crippen LogP contribution < -0.4 is 0 Å². The van der Waals surface area contributed by atoms with Crippen LogP contribution in [0.25, 0.3) is 0 Å². The van der Waals surface area contributed by atoms with Crippen molar-refractivity contribution in [2.75, 3.05) is 13.1 Å². The first kappa shape index (κ1) is 20.3. The Balaban J connectivity index is 2.31. The summed E-state index contributed by atoms with van der Waals surface area (Å²) < 4.78 is 26.3. The molecule has 4 unspecified atom stereocenters. The van der Waals surface area contributed by atoms with Crippen LogP contribution in [0.2, 0.25) is 0 Å². The predicted octanol–water partition coefficient (Wildman–Crippen LogP) is 2.12. The van der Waals surface area contributed by atoms with Crippen molar-refractivity contribution in [3.05, 3.63) is 23.1 Å². The summed E-state index contributed by atoms with van der Waals surface area (Å²) >= 11 is -2.42. The fourth-order valence-corrected chi connectivity index (χ4v) is 4.43. The Morgan fingerprint density at radius 3 is 2.73 bits per heavy atom. The van der Waals surface area contributed by atoms with E-state index in [1.54, 1.807) is 6.07 Å². The molecule has 1 saturated heterocycles. The molecule has 1 N–H and O–H groups in total. The predicted molar refractivity (Wildman–Crippen MR) is 95.6 cm³/mol. The minimum Gasteiger partial charge on any atom is -0.458 e. The molecule has 0 aromatic rings. The maximum atomic E-state index is 11.6. The molecular formula is C18H23N3O4S. The van der Waals surface area contributed by atoms with E-state index in [9.17, 15) is 24.1 Å². The van der Waals surface area contributed by atoms with Gasteiger partial charge >= 0.3 is 5.97 Å². The average molecular weight is 377 g/mol. The van der Waals surface area contributed by atoms with Gasteiger partial charge < -0.3 is 9.29 Å². The monoisotopic (exact) mass is 377 g/mol. The summed E-state index contributed by atoms with van der Waals surface area (Å²) in [5, 5.41) is 19.0. The third-order valence-electron chi connectivity index (χ3n) is 4.99. The van der Waals surface area contributed by atoms with E-state index in [1.165, 1.54) is 0 Å². The van der Waals surface area contributed by atoms with Crippen LogP contribution >= 0.6 is 0 Å². The largest absolute Gasteiger partial charge is 0.458 e. The zero-order valence-electron chi connectivity index (χ0n) is 15.0. The second-order valence-corrected chi connectivity index (χ2v) is 8.39. The van der Waals surface area contributed by atoms with Gasteiger partial charge in [-0.15, -0.1) is 0 Å². The van der Waals surface area contributed by atoms with Gasteiger partial charge in [-0.1, -0.05) is 20.4 Å². The van der Waals surface area contributed by atoms with E-state index in [4.69, 9.17) is 4.74 Å². The van der Waals surface area contributed by atoms with Crippen LogP contribution in [-0.4, -0.2) is 44.9 Å². The molecule has 0 spiro atoms. The lowest BCUT2D eigenvalue weighted by Gasteiger charge is -2.44. The number of hydrogen-bond acceptors (Lipinski definition) is 6. The third kappa shape index (κ3) is 4.39. The molecule has 1 aliphatic heterocycles. The summed E-state index contributed by atoms with van der Waals surface area (Å²) in [6, 6.07) is 3.85. The molecule has 2 aliphatic rings. The minimum atomic E-state index is -2.42. The Hall–Kier alpha value is -2.00. The Morgan fingerprint density at radius 1 is 1.50 bits per heavy atom. The van der Waals surface area contributed by atoms with Gasteiger partial charge in [0.25, 0.3) is 0 Å². The molecule has 2 rings (SSSR count). The highest BCUT2D eigenvalue weighted by Crippen LogP contribution is 2.45. The molecule has 0 bridgehead atoms. The molecular weight excluding hydrogens is 354 g/mol. The van der Waals surface area contributed by atoms with Crippen LogP contribution in [0.5, 0.6) is 0 Å². The number of carbonyl (C=O) groups is 1. The number of allylic oxidation sites excluding steroid dienone is 1. The molecule has 2 fully saturated rings. The van der Waals surface area contributed by atoms with Gasteiger partial charge in [-0.3, -0.25) is 4.90 Å². The molecule has 140 valence electrons. The Kier molecular flexibility index (Phi) is 6.35. The van der Waals surface area contributed by atoms with Gasteiger partial charge in [-0.2, -0.15) is 10.5 Å². The second kappa shape index (κ2) is 8.13. The van der Waals surface area contributed by atoms with Crippen LogP contribution in [0.1, 0.15) is 33.1 Å². The molecule has 0 aromatic heterocycles. The van der Waals surface area contributed by atoms with E-state index in [0.29, 0.717) is 37.9 Å². The van der Waals surface area contributed by atoms with Gasteiger partial charge in [0.15, 0.2) is 11.1 Å². The third-order valence-corrected chi connectivity index (χ3v) is 5.70. The van der Waals surface area contributed by atoms with E-state index >= 15 is 0 Å². The first-order chi connectivity index (χ1) is 12.2. The summed E-state index contributed by atoms with van der Waals surface area (Å²) in [7, 11) is 0. The van der Waals surface area contributed by atoms with Crippen molar-refractivity contribution in [1.82, 2.24) is 4.90 Å². The van der Waals surface area contributed by atoms with Crippen molar-refractivity contribution in [2.45, 2.75) is 45.3 Å². The van der Waals surface area contributed by atoms with Crippen molar-refractivity contribution in [3.8, 4) is 12.1 Å². The summed E-state index contributed by atoms with van der Waals surface area (Å²) in [5.41, 5.74) is 0.230. The normalized spacial score (nSPS) is 31.3. The summed E-state index contributed by atoms with van der Waals surface area (Å²) in [4.78, 5) is 13.3. The number of nitriles is 2. The zero-order valence-corrected chi connectivity index (χ0v) is 15.8. The maximum absolute atomic E-state index is 11.6. The first-order valence-electron chi connectivity index (χ1n) is 8.43. The van der Waals surface area contributed by atoms with Crippen LogP contribution in [0.4, 0.5) is 0 Å². The number of likely N-dealkylation sites (tertiary alicyclic amines) is 1. The van der Waals surface area contributed by atoms with E-state index in [1.807, 2.05) is 13.8 Å². The fourth-order valence-electron chi connectivity index (χ4n) is 3.93. The van der Waals surface area contributed by atoms with Crippen LogP contribution in [-0.2, 0) is 20.6 Å². The van der Waals surface area contributed by atoms with Gasteiger partial charge in [0.2, 0.25) is 0 Å². The Bertz CT molecular complexity index is 732. The number of rotatable bonds is 4. The lowest BCUT2D eigenvalue weighted by molar-refractivity contribution is -0.142. The zero-order chi connectivity index (χ0) is 19.5. The highest BCUT2D eigenvalue weighted by Gasteiger charge is 2.45. The smallest absolute Gasteiger partial charge is 0.330 e. The van der Waals surface area contributed by atoms with Crippen molar-refractivity contribution in [1.29, 1.82) is 10.5 Å². The Morgan fingerprint density at radius 2 is 2.19 bits per heavy atom. The second-order valence-electron chi connectivity index (χ2n) is 7.48. The molecule has 0 radical (unpaired) electrons. The molecule has 1 heterocycles. The van der Waals surface area contributed by atoms with Crippen LogP contribution in [0.15, 0.2) is 23.1 Å². The van der Waals surface area contributed by atoms with Crippen molar-refractivity contribution >= 4 is 17.0 Å². The van der Waals surface area contributed by atoms with Gasteiger partial charge in [0.1, 0.15) is 17.1 Å². The molecule has 26 heavy (non-hydrogen) atoms. The molecule has 1 aliphatic carbocycles. The highest BCUT2D eigenvalue weighted by molar-refractivity contribution is 7.83. The lowest BCUT2D eigenvalue weighted by Crippen LogP contribution is -2.47. The first-order valence-corrected chi connectivity index (χ1v) is 9.53. The highest BCUT2D eigenvalue weighted by atomic mass is 32.2. The molecule has 4 atom stereocenters. The lowest BCUT2D eigenvalue weighted by atomic mass is 9.67. The van der Waals surface area contributed by atoms with E-state index in [-0.39, 0.29) is 22.5 Å². The van der Waals surface area contributed by atoms with E-state index < -0.39 is 23.0 Å². The van der Waals surface area contributed by atoms with Crippen LogP contribution in [0, 0.1) is 34.0 Å². The standard InChI is InChI=1S/C18H23N3O4S/c1-4-17(22)25-12-5-6-21(11-12)15-8-18(2,3)7-13(14(15)9-19)16(10-20)26(23)24/h4,12,14-15H,1,5-8,11H2,2-3H3,(H,23,24)/b16-13-. The molecule has 7 nitrogen and oxygen atoms in total. The average Bonchev–Trinajstić information content (AvgIpc) is 3.02. The number of hydrogen-bond donors (Lipinski definition) is 1. The number of carbonyl (C=O) groups excluding carboxylic acids is 1. The van der Waals surface area contributed by atoms with Gasteiger partial charge in [0.05, 0.1) is 12.0 Å². The SMILES string of the molecule is C=CC(=O)OC1CCN(C2CC(C)(C)C/C(=C(\C#N)S(=O)O)C2C#N)C1. The van der Waals surface area contributed by atoms with Crippen molar-refractivity contribution < 1.29 is 18.3 Å². The minimum absolute atomic E-state index is 0.196. The summed E-state index contributed by atoms with van der Waals surface area (Å²) in [6.45, 7) is 8.59. The van der Waals surface area contributed by atoms with Gasteiger partial charge in [-0.05, 0) is 30.3 Å². The number of ether oxygens (including phenoxy) is 1. The topological polar surface area (TPSA) is 114 Å². The number of nitrogens with zero attached hydrogens (tertiary/aromatic N) is 3. The Labute approximate surface area is 156 Å². The maximum Gasteiger partial charge on any atom is 0.330 e. The van der Waals surface area contributed by atoms with Gasteiger partial charge in [0, 0.05) is 25.2 Å². The summed E-state index contributed by atoms with van der Waals surface area (Å²) in [5.74, 6) is -1.11. The molecule has 1 saturated carbocycles. The van der Waals surface area contributed by atoms with E-state index in [0.717, 1.165) is 6.08 Å². The molecule has 8 heteroatoms. The number of esters is 1. The fraction of sp³-hybridized carbons (Fsp3) is 0.611. The molecule has 0 aromatic carbocycles. The van der Waals surface area contributed by atoms with Crippen molar-refractivity contribution in [3.63, 3.8) is 0 Å². The van der Waals surface area contributed by atoms with Crippen LogP contribution in [0.3, 0.4) is 0 Å². The molecule has 0 amide bonds. The summed E-state index contributed by atoms with van der Waals surface area (Å²) in [6.07, 6.45) is 2.67. The quantitative estimate of drug-likeness (QED) is 0.345. The van der Waals surface area contributed by atoms with E-state index in [2.05, 4.69) is 17.5 Å².